The molecule has 1 atom stereocenters. The first-order valence-electron chi connectivity index (χ1n) is 6.24. The van der Waals surface area contributed by atoms with Crippen LogP contribution in [0.3, 0.4) is 0 Å². The van der Waals surface area contributed by atoms with E-state index in [1.807, 2.05) is 6.07 Å². The Balaban J connectivity index is 2.71. The molecule has 0 aliphatic rings. The molecule has 0 spiro atoms. The summed E-state index contributed by atoms with van der Waals surface area (Å²) < 4.78 is 5.54. The van der Waals surface area contributed by atoms with Crippen LogP contribution >= 0.6 is 0 Å². The highest BCUT2D eigenvalue weighted by molar-refractivity contribution is 5.30. The standard InChI is InChI=1S/C14H23NO/c1-3-6-12(4-2)13-7-5-8-14(11-13)16-10-9-15/h5,7-8,11-12H,3-4,6,9-10,15H2,1-2H3. The van der Waals surface area contributed by atoms with Gasteiger partial charge >= 0.3 is 0 Å². The lowest BCUT2D eigenvalue weighted by atomic mass is 9.92. The lowest BCUT2D eigenvalue weighted by Gasteiger charge is -2.15. The largest absolute Gasteiger partial charge is 0.492 e. The van der Waals surface area contributed by atoms with Gasteiger partial charge in [0.25, 0.3) is 0 Å². The maximum Gasteiger partial charge on any atom is 0.119 e. The third-order valence-electron chi connectivity index (χ3n) is 2.85. The van der Waals surface area contributed by atoms with E-state index in [9.17, 15) is 0 Å². The Labute approximate surface area is 98.8 Å². The summed E-state index contributed by atoms with van der Waals surface area (Å²) >= 11 is 0. The molecule has 2 nitrogen and oxygen atoms in total. The van der Waals surface area contributed by atoms with Gasteiger partial charge in [0.15, 0.2) is 0 Å². The zero-order chi connectivity index (χ0) is 11.8. The van der Waals surface area contributed by atoms with Crippen molar-refractivity contribution in [1.29, 1.82) is 0 Å². The molecule has 0 heterocycles. The van der Waals surface area contributed by atoms with Crippen molar-refractivity contribution in [3.63, 3.8) is 0 Å². The van der Waals surface area contributed by atoms with Crippen LogP contribution in [0.4, 0.5) is 0 Å². The maximum atomic E-state index is 5.54. The molecule has 1 aromatic rings. The number of nitrogens with two attached hydrogens (primary N) is 1. The highest BCUT2D eigenvalue weighted by atomic mass is 16.5. The predicted octanol–water partition coefficient (Wildman–Crippen LogP) is 3.32. The summed E-state index contributed by atoms with van der Waals surface area (Å²) in [5, 5.41) is 0. The molecule has 1 rings (SSSR count). The van der Waals surface area contributed by atoms with Crippen molar-refractivity contribution in [1.82, 2.24) is 0 Å². The highest BCUT2D eigenvalue weighted by Crippen LogP contribution is 2.27. The topological polar surface area (TPSA) is 35.2 Å². The van der Waals surface area contributed by atoms with Crippen molar-refractivity contribution in [3.8, 4) is 5.75 Å². The fraction of sp³-hybridized carbons (Fsp3) is 0.571. The lowest BCUT2D eigenvalue weighted by molar-refractivity contribution is 0.327. The van der Waals surface area contributed by atoms with Gasteiger partial charge in [-0.2, -0.15) is 0 Å². The molecular weight excluding hydrogens is 198 g/mol. The maximum absolute atomic E-state index is 5.54. The quantitative estimate of drug-likeness (QED) is 0.766. The fourth-order valence-electron chi connectivity index (χ4n) is 1.99. The minimum absolute atomic E-state index is 0.566. The average molecular weight is 221 g/mol. The van der Waals surface area contributed by atoms with E-state index in [1.165, 1.54) is 24.8 Å². The minimum Gasteiger partial charge on any atom is -0.492 e. The molecule has 0 bridgehead atoms. The molecule has 2 N–H and O–H groups in total. The first kappa shape index (κ1) is 13.0. The van der Waals surface area contributed by atoms with Crippen molar-refractivity contribution in [2.45, 2.75) is 39.0 Å². The highest BCUT2D eigenvalue weighted by Gasteiger charge is 2.08. The molecule has 0 fully saturated rings. The Morgan fingerprint density at radius 1 is 1.31 bits per heavy atom. The van der Waals surface area contributed by atoms with E-state index in [1.54, 1.807) is 0 Å². The van der Waals surface area contributed by atoms with Crippen LogP contribution in [0.1, 0.15) is 44.6 Å². The SMILES string of the molecule is CCCC(CC)c1cccc(OCCN)c1. The average Bonchev–Trinajstić information content (AvgIpc) is 2.33. The molecule has 0 aliphatic carbocycles. The molecule has 1 unspecified atom stereocenters. The van der Waals surface area contributed by atoms with Crippen LogP contribution < -0.4 is 10.5 Å². The van der Waals surface area contributed by atoms with Crippen molar-refractivity contribution >= 4 is 0 Å². The summed E-state index contributed by atoms with van der Waals surface area (Å²) in [6, 6.07) is 8.41. The molecule has 0 saturated carbocycles. The van der Waals surface area contributed by atoms with E-state index in [0.717, 1.165) is 5.75 Å². The zero-order valence-corrected chi connectivity index (χ0v) is 10.4. The van der Waals surface area contributed by atoms with E-state index in [4.69, 9.17) is 10.5 Å². The van der Waals surface area contributed by atoms with Gasteiger partial charge in [-0.15, -0.1) is 0 Å². The van der Waals surface area contributed by atoms with Gasteiger partial charge in [0.2, 0.25) is 0 Å². The summed E-state index contributed by atoms with van der Waals surface area (Å²) in [4.78, 5) is 0. The molecule has 0 aromatic heterocycles. The fourth-order valence-corrected chi connectivity index (χ4v) is 1.99. The lowest BCUT2D eigenvalue weighted by Crippen LogP contribution is -2.10. The van der Waals surface area contributed by atoms with Gasteiger partial charge in [-0.05, 0) is 36.5 Å². The molecule has 2 heteroatoms. The third-order valence-corrected chi connectivity index (χ3v) is 2.85. The van der Waals surface area contributed by atoms with Crippen molar-refractivity contribution < 1.29 is 4.74 Å². The smallest absolute Gasteiger partial charge is 0.119 e. The molecule has 16 heavy (non-hydrogen) atoms. The van der Waals surface area contributed by atoms with E-state index in [0.29, 0.717) is 19.1 Å². The minimum atomic E-state index is 0.566. The molecule has 1 aromatic carbocycles. The first-order valence-corrected chi connectivity index (χ1v) is 6.24. The van der Waals surface area contributed by atoms with Crippen LogP contribution in [0.5, 0.6) is 5.75 Å². The van der Waals surface area contributed by atoms with Crippen LogP contribution in [0.2, 0.25) is 0 Å². The Morgan fingerprint density at radius 3 is 2.75 bits per heavy atom. The van der Waals surface area contributed by atoms with Crippen LogP contribution in [0, 0.1) is 0 Å². The number of ether oxygens (including phenoxy) is 1. The van der Waals surface area contributed by atoms with Crippen LogP contribution in [0.15, 0.2) is 24.3 Å². The predicted molar refractivity (Wildman–Crippen MR) is 68.9 cm³/mol. The van der Waals surface area contributed by atoms with Gasteiger partial charge in [-0.25, -0.2) is 0 Å². The third kappa shape index (κ3) is 3.86. The van der Waals surface area contributed by atoms with Crippen LogP contribution in [-0.4, -0.2) is 13.2 Å². The first-order chi connectivity index (χ1) is 7.81. The van der Waals surface area contributed by atoms with E-state index in [2.05, 4.69) is 32.0 Å². The Morgan fingerprint density at radius 2 is 2.12 bits per heavy atom. The van der Waals surface area contributed by atoms with E-state index >= 15 is 0 Å². The van der Waals surface area contributed by atoms with Gasteiger partial charge in [0, 0.05) is 6.54 Å². The van der Waals surface area contributed by atoms with Gasteiger partial charge in [-0.1, -0.05) is 32.4 Å². The van der Waals surface area contributed by atoms with Crippen LogP contribution in [-0.2, 0) is 0 Å². The number of hydrogen-bond donors (Lipinski definition) is 1. The normalized spacial score (nSPS) is 12.4. The van der Waals surface area contributed by atoms with E-state index < -0.39 is 0 Å². The monoisotopic (exact) mass is 221 g/mol. The molecule has 0 saturated heterocycles. The number of benzene rings is 1. The second-order valence-corrected chi connectivity index (χ2v) is 4.10. The zero-order valence-electron chi connectivity index (χ0n) is 10.4. The van der Waals surface area contributed by atoms with Gasteiger partial charge in [0.05, 0.1) is 0 Å². The van der Waals surface area contributed by atoms with E-state index in [-0.39, 0.29) is 0 Å². The number of hydrogen-bond acceptors (Lipinski definition) is 2. The molecular formula is C14H23NO. The Hall–Kier alpha value is -1.02. The number of rotatable bonds is 7. The second kappa shape index (κ2) is 7.29. The van der Waals surface area contributed by atoms with Crippen molar-refractivity contribution in [3.05, 3.63) is 29.8 Å². The van der Waals surface area contributed by atoms with Crippen molar-refractivity contribution in [2.24, 2.45) is 5.73 Å². The summed E-state index contributed by atoms with van der Waals surface area (Å²) in [6.07, 6.45) is 3.66. The summed E-state index contributed by atoms with van der Waals surface area (Å²) in [5.74, 6) is 1.60. The Kier molecular flexibility index (Phi) is 5.94. The van der Waals surface area contributed by atoms with Crippen LogP contribution in [0.25, 0.3) is 0 Å². The van der Waals surface area contributed by atoms with Gasteiger partial charge in [-0.3, -0.25) is 0 Å². The summed E-state index contributed by atoms with van der Waals surface area (Å²) in [7, 11) is 0. The van der Waals surface area contributed by atoms with Gasteiger partial charge < -0.3 is 10.5 Å². The summed E-state index contributed by atoms with van der Waals surface area (Å²) in [6.45, 7) is 5.63. The molecule has 90 valence electrons. The summed E-state index contributed by atoms with van der Waals surface area (Å²) in [5.41, 5.74) is 6.81. The molecule has 0 amide bonds. The van der Waals surface area contributed by atoms with Gasteiger partial charge in [0.1, 0.15) is 12.4 Å². The Bertz CT molecular complexity index is 299. The molecule has 0 aliphatic heterocycles. The molecule has 0 radical (unpaired) electrons. The second-order valence-electron chi connectivity index (χ2n) is 4.10. The van der Waals surface area contributed by atoms with Crippen molar-refractivity contribution in [2.75, 3.05) is 13.2 Å².